The van der Waals surface area contributed by atoms with E-state index in [4.69, 9.17) is 34.8 Å². The maximum Gasteiger partial charge on any atom is 0.295 e. The third kappa shape index (κ3) is 4.33. The standard InChI is InChI=1S/C22H15Cl3N4O/c1-13-4-2-7-17(10-13)29-21(14-5-3-6-15(23)11-14)27-20(28-29)22(30)26-16-8-9-18(24)19(25)12-16/h2-12H,1H3,(H,26,30). The summed E-state index contributed by atoms with van der Waals surface area (Å²) in [5.74, 6) is 0.0445. The van der Waals surface area contributed by atoms with Crippen LogP contribution in [0.4, 0.5) is 5.69 Å². The van der Waals surface area contributed by atoms with Gasteiger partial charge in [0.25, 0.3) is 5.91 Å². The van der Waals surface area contributed by atoms with E-state index in [1.54, 1.807) is 35.0 Å². The van der Waals surface area contributed by atoms with Crippen LogP contribution in [0.2, 0.25) is 15.1 Å². The number of nitrogens with zero attached hydrogens (tertiary/aromatic N) is 3. The minimum Gasteiger partial charge on any atom is -0.319 e. The maximum absolute atomic E-state index is 12.8. The average Bonchev–Trinajstić information content (AvgIpc) is 3.16. The molecule has 0 radical (unpaired) electrons. The molecule has 8 heteroatoms. The van der Waals surface area contributed by atoms with Crippen molar-refractivity contribution in [3.63, 3.8) is 0 Å². The molecule has 5 nitrogen and oxygen atoms in total. The molecule has 0 aliphatic carbocycles. The minimum atomic E-state index is -0.469. The molecule has 0 unspecified atom stereocenters. The van der Waals surface area contributed by atoms with Gasteiger partial charge in [0.15, 0.2) is 5.82 Å². The summed E-state index contributed by atoms with van der Waals surface area (Å²) in [5, 5.41) is 8.51. The van der Waals surface area contributed by atoms with Crippen molar-refractivity contribution in [1.82, 2.24) is 14.8 Å². The molecule has 0 spiro atoms. The van der Waals surface area contributed by atoms with Gasteiger partial charge in [-0.05, 0) is 55.0 Å². The lowest BCUT2D eigenvalue weighted by Gasteiger charge is -2.07. The number of carbonyl (C=O) groups is 1. The Hall–Kier alpha value is -2.86. The summed E-state index contributed by atoms with van der Waals surface area (Å²) >= 11 is 18.1. The van der Waals surface area contributed by atoms with Crippen molar-refractivity contribution in [3.05, 3.63) is 93.2 Å². The molecule has 1 amide bonds. The van der Waals surface area contributed by atoms with Gasteiger partial charge in [0.1, 0.15) is 0 Å². The zero-order chi connectivity index (χ0) is 21.3. The predicted molar refractivity (Wildman–Crippen MR) is 121 cm³/mol. The summed E-state index contributed by atoms with van der Waals surface area (Å²) in [7, 11) is 0. The van der Waals surface area contributed by atoms with Crippen molar-refractivity contribution in [3.8, 4) is 17.1 Å². The van der Waals surface area contributed by atoms with E-state index in [-0.39, 0.29) is 5.82 Å². The van der Waals surface area contributed by atoms with Gasteiger partial charge in [0.05, 0.1) is 15.7 Å². The van der Waals surface area contributed by atoms with Crippen molar-refractivity contribution in [2.75, 3.05) is 5.32 Å². The Kier molecular flexibility index (Phi) is 5.77. The monoisotopic (exact) mass is 456 g/mol. The first-order valence-electron chi connectivity index (χ1n) is 8.97. The highest BCUT2D eigenvalue weighted by molar-refractivity contribution is 6.42. The number of amides is 1. The number of hydrogen-bond donors (Lipinski definition) is 1. The molecule has 0 saturated heterocycles. The second kappa shape index (κ2) is 8.48. The minimum absolute atomic E-state index is 0.0116. The molecule has 0 fully saturated rings. The van der Waals surface area contributed by atoms with E-state index in [9.17, 15) is 4.79 Å². The summed E-state index contributed by atoms with van der Waals surface area (Å²) < 4.78 is 1.63. The van der Waals surface area contributed by atoms with E-state index in [1.165, 1.54) is 0 Å². The molecule has 0 aliphatic rings. The van der Waals surface area contributed by atoms with Crippen LogP contribution in [0.25, 0.3) is 17.1 Å². The fourth-order valence-corrected chi connectivity index (χ4v) is 3.41. The Morgan fingerprint density at radius 3 is 2.47 bits per heavy atom. The molecule has 1 N–H and O–H groups in total. The van der Waals surface area contributed by atoms with Crippen LogP contribution < -0.4 is 5.32 Å². The average molecular weight is 458 g/mol. The third-order valence-electron chi connectivity index (χ3n) is 4.32. The van der Waals surface area contributed by atoms with Crippen LogP contribution in [0.15, 0.2) is 66.7 Å². The molecule has 4 rings (SSSR count). The van der Waals surface area contributed by atoms with Gasteiger partial charge in [0.2, 0.25) is 5.82 Å². The fourth-order valence-electron chi connectivity index (χ4n) is 2.92. The second-order valence-corrected chi connectivity index (χ2v) is 7.85. The third-order valence-corrected chi connectivity index (χ3v) is 5.29. The van der Waals surface area contributed by atoms with Crippen molar-refractivity contribution >= 4 is 46.4 Å². The molecule has 4 aromatic rings. The Morgan fingerprint density at radius 1 is 0.933 bits per heavy atom. The molecular weight excluding hydrogens is 443 g/mol. The first kappa shape index (κ1) is 20.4. The molecule has 30 heavy (non-hydrogen) atoms. The van der Waals surface area contributed by atoms with Crippen molar-refractivity contribution < 1.29 is 4.79 Å². The zero-order valence-corrected chi connectivity index (χ0v) is 18.0. The Balaban J connectivity index is 1.76. The van der Waals surface area contributed by atoms with E-state index in [1.807, 2.05) is 43.3 Å². The van der Waals surface area contributed by atoms with Crippen molar-refractivity contribution in [2.24, 2.45) is 0 Å². The van der Waals surface area contributed by atoms with E-state index in [0.29, 0.717) is 26.6 Å². The van der Waals surface area contributed by atoms with Crippen LogP contribution in [0.1, 0.15) is 16.2 Å². The first-order valence-corrected chi connectivity index (χ1v) is 10.1. The van der Waals surface area contributed by atoms with E-state index in [0.717, 1.165) is 16.8 Å². The number of hydrogen-bond acceptors (Lipinski definition) is 3. The quantitative estimate of drug-likeness (QED) is 0.383. The summed E-state index contributed by atoms with van der Waals surface area (Å²) in [6.07, 6.45) is 0. The summed E-state index contributed by atoms with van der Waals surface area (Å²) in [6, 6.07) is 19.8. The highest BCUT2D eigenvalue weighted by atomic mass is 35.5. The van der Waals surface area contributed by atoms with Crippen LogP contribution in [-0.4, -0.2) is 20.7 Å². The molecule has 3 aromatic carbocycles. The van der Waals surface area contributed by atoms with Gasteiger partial charge >= 0.3 is 0 Å². The van der Waals surface area contributed by atoms with Crippen LogP contribution in [0, 0.1) is 6.92 Å². The van der Waals surface area contributed by atoms with E-state index >= 15 is 0 Å². The van der Waals surface area contributed by atoms with Gasteiger partial charge in [-0.15, -0.1) is 5.10 Å². The smallest absolute Gasteiger partial charge is 0.295 e. The van der Waals surface area contributed by atoms with Crippen molar-refractivity contribution in [1.29, 1.82) is 0 Å². The maximum atomic E-state index is 12.8. The highest BCUT2D eigenvalue weighted by Gasteiger charge is 2.19. The predicted octanol–water partition coefficient (Wildman–Crippen LogP) is 6.46. The van der Waals surface area contributed by atoms with Gasteiger partial charge < -0.3 is 5.32 Å². The topological polar surface area (TPSA) is 59.8 Å². The largest absolute Gasteiger partial charge is 0.319 e. The summed E-state index contributed by atoms with van der Waals surface area (Å²) in [6.45, 7) is 1.98. The van der Waals surface area contributed by atoms with Gasteiger partial charge in [0, 0.05) is 16.3 Å². The number of anilines is 1. The number of halogens is 3. The number of aromatic nitrogens is 3. The first-order chi connectivity index (χ1) is 14.4. The molecule has 150 valence electrons. The SMILES string of the molecule is Cc1cccc(-n2nc(C(=O)Nc3ccc(Cl)c(Cl)c3)nc2-c2cccc(Cl)c2)c1. The Labute approximate surface area is 188 Å². The molecular formula is C22H15Cl3N4O. The van der Waals surface area contributed by atoms with Crippen molar-refractivity contribution in [2.45, 2.75) is 6.92 Å². The summed E-state index contributed by atoms with van der Waals surface area (Å²) in [4.78, 5) is 17.3. The lowest BCUT2D eigenvalue weighted by atomic mass is 10.2. The van der Waals surface area contributed by atoms with Gasteiger partial charge in [-0.2, -0.15) is 0 Å². The van der Waals surface area contributed by atoms with Gasteiger partial charge in [-0.25, -0.2) is 9.67 Å². The van der Waals surface area contributed by atoms with E-state index in [2.05, 4.69) is 15.4 Å². The summed E-state index contributed by atoms with van der Waals surface area (Å²) in [5.41, 5.74) is 3.07. The molecule has 0 aliphatic heterocycles. The number of nitrogens with one attached hydrogen (secondary N) is 1. The molecule has 0 bridgehead atoms. The molecule has 1 heterocycles. The fraction of sp³-hybridized carbons (Fsp3) is 0.0455. The Bertz CT molecular complexity index is 1190. The van der Waals surface area contributed by atoms with E-state index < -0.39 is 5.91 Å². The number of benzene rings is 3. The lowest BCUT2D eigenvalue weighted by molar-refractivity contribution is 0.101. The number of rotatable bonds is 4. The van der Waals surface area contributed by atoms with Crippen LogP contribution in [0.3, 0.4) is 0 Å². The van der Waals surface area contributed by atoms with Crippen LogP contribution >= 0.6 is 34.8 Å². The molecule has 1 aromatic heterocycles. The zero-order valence-electron chi connectivity index (χ0n) is 15.7. The normalized spacial score (nSPS) is 10.8. The highest BCUT2D eigenvalue weighted by Crippen LogP contribution is 2.27. The van der Waals surface area contributed by atoms with Gasteiger partial charge in [-0.1, -0.05) is 59.1 Å². The van der Waals surface area contributed by atoms with Crippen LogP contribution in [-0.2, 0) is 0 Å². The molecule has 0 atom stereocenters. The lowest BCUT2D eigenvalue weighted by Crippen LogP contribution is -2.14. The van der Waals surface area contributed by atoms with Gasteiger partial charge in [-0.3, -0.25) is 4.79 Å². The molecule has 0 saturated carbocycles. The van der Waals surface area contributed by atoms with Crippen LogP contribution in [0.5, 0.6) is 0 Å². The number of carbonyl (C=O) groups excluding carboxylic acids is 1. The Morgan fingerprint density at radius 2 is 1.73 bits per heavy atom. The second-order valence-electron chi connectivity index (χ2n) is 6.60. The number of aryl methyl sites for hydroxylation is 1.